The lowest BCUT2D eigenvalue weighted by molar-refractivity contribution is -0.118. The highest BCUT2D eigenvalue weighted by Crippen LogP contribution is 2.22. The third-order valence-electron chi connectivity index (χ3n) is 3.94. The Hall–Kier alpha value is -2.40. The van der Waals surface area contributed by atoms with Crippen LogP contribution in [0.4, 0.5) is 0 Å². The highest BCUT2D eigenvalue weighted by molar-refractivity contribution is 5.74. The second-order valence-electron chi connectivity index (χ2n) is 5.51. The summed E-state index contributed by atoms with van der Waals surface area (Å²) in [5, 5.41) is 4.44. The molecule has 0 atom stereocenters. The average molecular weight is 296 g/mol. The van der Waals surface area contributed by atoms with E-state index in [2.05, 4.69) is 22.3 Å². The number of rotatable bonds is 5. The van der Waals surface area contributed by atoms with Crippen LogP contribution < -0.4 is 5.73 Å². The smallest absolute Gasteiger partial charge is 0.218 e. The summed E-state index contributed by atoms with van der Waals surface area (Å²) in [5.41, 5.74) is 8.74. The summed E-state index contributed by atoms with van der Waals surface area (Å²) in [6, 6.07) is 10.1. The number of amides is 1. The average Bonchev–Trinajstić information content (AvgIpc) is 3.04. The molecule has 0 fully saturated rings. The number of aromatic nitrogens is 2. The zero-order valence-electron chi connectivity index (χ0n) is 12.5. The van der Waals surface area contributed by atoms with Gasteiger partial charge in [0, 0.05) is 37.8 Å². The molecule has 5 nitrogen and oxygen atoms in total. The highest BCUT2D eigenvalue weighted by atomic mass is 16.1. The molecule has 1 amide bonds. The van der Waals surface area contributed by atoms with Gasteiger partial charge in [0.2, 0.25) is 5.91 Å². The highest BCUT2D eigenvalue weighted by Gasteiger charge is 2.14. The van der Waals surface area contributed by atoms with Crippen LogP contribution in [0.2, 0.25) is 0 Å². The lowest BCUT2D eigenvalue weighted by atomic mass is 10.0. The maximum atomic E-state index is 10.8. The molecule has 0 saturated carbocycles. The van der Waals surface area contributed by atoms with Gasteiger partial charge in [-0.1, -0.05) is 24.3 Å². The molecule has 0 radical (unpaired) electrons. The van der Waals surface area contributed by atoms with Gasteiger partial charge < -0.3 is 5.73 Å². The number of benzene rings is 1. The van der Waals surface area contributed by atoms with Crippen molar-refractivity contribution in [2.24, 2.45) is 5.73 Å². The fourth-order valence-corrected chi connectivity index (χ4v) is 2.66. The minimum Gasteiger partial charge on any atom is -0.370 e. The first kappa shape index (κ1) is 14.5. The van der Waals surface area contributed by atoms with Crippen molar-refractivity contribution in [3.05, 3.63) is 54.4 Å². The quantitative estimate of drug-likeness (QED) is 0.915. The first-order valence-corrected chi connectivity index (χ1v) is 7.52. The van der Waals surface area contributed by atoms with Gasteiger partial charge in [0.1, 0.15) is 0 Å². The SMILES string of the molecule is NC(=O)CCN1CC=C(c2cnn(-c3ccccc3)c2)CC1. The minimum atomic E-state index is -0.237. The van der Waals surface area contributed by atoms with Gasteiger partial charge in [0.25, 0.3) is 0 Å². The number of nitrogens with zero attached hydrogens (tertiary/aromatic N) is 3. The Morgan fingerprint density at radius 1 is 1.27 bits per heavy atom. The van der Waals surface area contributed by atoms with Gasteiger partial charge in [-0.05, 0) is 24.1 Å². The molecule has 3 rings (SSSR count). The van der Waals surface area contributed by atoms with E-state index in [0.717, 1.165) is 31.7 Å². The van der Waals surface area contributed by atoms with E-state index in [1.165, 1.54) is 11.1 Å². The van der Waals surface area contributed by atoms with Gasteiger partial charge in [-0.25, -0.2) is 4.68 Å². The van der Waals surface area contributed by atoms with Crippen LogP contribution in [-0.4, -0.2) is 40.2 Å². The lowest BCUT2D eigenvalue weighted by Crippen LogP contribution is -2.31. The number of hydrogen-bond acceptors (Lipinski definition) is 3. The Balaban J connectivity index is 1.66. The van der Waals surface area contributed by atoms with Gasteiger partial charge in [0.15, 0.2) is 0 Å². The van der Waals surface area contributed by atoms with Crippen molar-refractivity contribution >= 4 is 11.5 Å². The zero-order chi connectivity index (χ0) is 15.4. The van der Waals surface area contributed by atoms with E-state index in [4.69, 9.17) is 5.73 Å². The van der Waals surface area contributed by atoms with E-state index >= 15 is 0 Å². The van der Waals surface area contributed by atoms with Crippen LogP contribution in [0.5, 0.6) is 0 Å². The molecule has 5 heteroatoms. The Kier molecular flexibility index (Phi) is 4.34. The molecule has 1 aliphatic rings. The summed E-state index contributed by atoms with van der Waals surface area (Å²) < 4.78 is 1.90. The fourth-order valence-electron chi connectivity index (χ4n) is 2.66. The van der Waals surface area contributed by atoms with Crippen molar-refractivity contribution in [3.8, 4) is 5.69 Å². The van der Waals surface area contributed by atoms with Crippen LogP contribution in [0.3, 0.4) is 0 Å². The van der Waals surface area contributed by atoms with Crippen molar-refractivity contribution in [3.63, 3.8) is 0 Å². The molecule has 0 aliphatic carbocycles. The predicted molar refractivity (Wildman–Crippen MR) is 86.4 cm³/mol. The topological polar surface area (TPSA) is 64.2 Å². The molecule has 2 N–H and O–H groups in total. The molecule has 0 saturated heterocycles. The molecule has 22 heavy (non-hydrogen) atoms. The third-order valence-corrected chi connectivity index (χ3v) is 3.94. The van der Waals surface area contributed by atoms with Crippen LogP contribution in [0.1, 0.15) is 18.4 Å². The fraction of sp³-hybridized carbons (Fsp3) is 0.294. The van der Waals surface area contributed by atoms with Crippen LogP contribution in [-0.2, 0) is 4.79 Å². The number of carbonyl (C=O) groups is 1. The van der Waals surface area contributed by atoms with E-state index in [0.29, 0.717) is 6.42 Å². The number of hydrogen-bond donors (Lipinski definition) is 1. The maximum Gasteiger partial charge on any atom is 0.218 e. The van der Waals surface area contributed by atoms with Crippen LogP contribution in [0.15, 0.2) is 48.8 Å². The third kappa shape index (κ3) is 3.43. The summed E-state index contributed by atoms with van der Waals surface area (Å²) >= 11 is 0. The second-order valence-corrected chi connectivity index (χ2v) is 5.51. The van der Waals surface area contributed by atoms with E-state index < -0.39 is 0 Å². The van der Waals surface area contributed by atoms with Crippen LogP contribution in [0.25, 0.3) is 11.3 Å². The van der Waals surface area contributed by atoms with Crippen LogP contribution in [0, 0.1) is 0 Å². The molecule has 0 spiro atoms. The molecule has 1 aliphatic heterocycles. The normalized spacial score (nSPS) is 15.5. The predicted octanol–water partition coefficient (Wildman–Crippen LogP) is 1.84. The summed E-state index contributed by atoms with van der Waals surface area (Å²) in [6.45, 7) is 2.55. The van der Waals surface area contributed by atoms with Crippen molar-refractivity contribution in [2.45, 2.75) is 12.8 Å². The van der Waals surface area contributed by atoms with Gasteiger partial charge in [-0.3, -0.25) is 9.69 Å². The summed E-state index contributed by atoms with van der Waals surface area (Å²) in [5.74, 6) is -0.237. The standard InChI is InChI=1S/C17H20N4O/c18-17(22)8-11-20-9-6-14(7-10-20)15-12-19-21(13-15)16-4-2-1-3-5-16/h1-6,12-13H,7-11H2,(H2,18,22). The molecule has 114 valence electrons. The largest absolute Gasteiger partial charge is 0.370 e. The Labute approximate surface area is 130 Å². The van der Waals surface area contributed by atoms with Crippen molar-refractivity contribution in [2.75, 3.05) is 19.6 Å². The zero-order valence-corrected chi connectivity index (χ0v) is 12.5. The Morgan fingerprint density at radius 3 is 2.77 bits per heavy atom. The summed E-state index contributed by atoms with van der Waals surface area (Å²) in [4.78, 5) is 13.1. The number of nitrogens with two attached hydrogens (primary N) is 1. The second kappa shape index (κ2) is 6.58. The van der Waals surface area contributed by atoms with Crippen molar-refractivity contribution in [1.82, 2.24) is 14.7 Å². The van der Waals surface area contributed by atoms with Gasteiger partial charge >= 0.3 is 0 Å². The minimum absolute atomic E-state index is 0.237. The Morgan fingerprint density at radius 2 is 2.09 bits per heavy atom. The molecule has 1 aromatic carbocycles. The molecular weight excluding hydrogens is 276 g/mol. The molecular formula is C17H20N4O. The first-order valence-electron chi connectivity index (χ1n) is 7.52. The lowest BCUT2D eigenvalue weighted by Gasteiger charge is -2.25. The number of para-hydroxylation sites is 1. The molecule has 2 heterocycles. The van der Waals surface area contributed by atoms with Crippen molar-refractivity contribution in [1.29, 1.82) is 0 Å². The molecule has 0 bridgehead atoms. The van der Waals surface area contributed by atoms with Gasteiger partial charge in [-0.2, -0.15) is 5.10 Å². The van der Waals surface area contributed by atoms with Crippen molar-refractivity contribution < 1.29 is 4.79 Å². The molecule has 2 aromatic rings. The Bertz CT molecular complexity index is 675. The molecule has 0 unspecified atom stereocenters. The first-order chi connectivity index (χ1) is 10.7. The van der Waals surface area contributed by atoms with E-state index in [9.17, 15) is 4.79 Å². The molecule has 1 aromatic heterocycles. The number of primary amides is 1. The maximum absolute atomic E-state index is 10.8. The van der Waals surface area contributed by atoms with E-state index in [1.54, 1.807) is 0 Å². The summed E-state index contributed by atoms with van der Waals surface area (Å²) in [7, 11) is 0. The van der Waals surface area contributed by atoms with E-state index in [-0.39, 0.29) is 5.91 Å². The van der Waals surface area contributed by atoms with Gasteiger partial charge in [0.05, 0.1) is 11.9 Å². The van der Waals surface area contributed by atoms with E-state index in [1.807, 2.05) is 41.2 Å². The monoisotopic (exact) mass is 296 g/mol. The summed E-state index contributed by atoms with van der Waals surface area (Å²) in [6.07, 6.45) is 7.60. The number of carbonyl (C=O) groups excluding carboxylic acids is 1. The van der Waals surface area contributed by atoms with Gasteiger partial charge in [-0.15, -0.1) is 0 Å². The van der Waals surface area contributed by atoms with Crippen LogP contribution >= 0.6 is 0 Å².